The van der Waals surface area contributed by atoms with Crippen molar-refractivity contribution in [3.05, 3.63) is 29.3 Å². The molecule has 0 bridgehead atoms. The number of rotatable bonds is 3. The van der Waals surface area contributed by atoms with E-state index in [2.05, 4.69) is 5.32 Å². The summed E-state index contributed by atoms with van der Waals surface area (Å²) in [6.45, 7) is 2.54. The number of carbonyl (C=O) groups excluding carboxylic acids is 1. The fourth-order valence-corrected chi connectivity index (χ4v) is 2.63. The number of phenols is 1. The zero-order valence-electron chi connectivity index (χ0n) is 11.4. The number of nitrogens with two attached hydrogens (primary N) is 1. The van der Waals surface area contributed by atoms with Gasteiger partial charge in [0, 0.05) is 18.2 Å². The molecule has 0 aromatic heterocycles. The Balaban J connectivity index is 1.87. The van der Waals surface area contributed by atoms with Crippen LogP contribution in [0.1, 0.15) is 41.6 Å². The van der Waals surface area contributed by atoms with Crippen LogP contribution in [0.2, 0.25) is 0 Å². The lowest BCUT2D eigenvalue weighted by atomic mass is 9.86. The number of aryl methyl sites for hydroxylation is 1. The number of nitrogens with one attached hydrogen (secondary N) is 1. The van der Waals surface area contributed by atoms with E-state index in [1.807, 2.05) is 6.92 Å². The van der Waals surface area contributed by atoms with E-state index in [1.54, 1.807) is 18.2 Å². The molecule has 1 aliphatic carbocycles. The highest BCUT2D eigenvalue weighted by molar-refractivity contribution is 5.95. The van der Waals surface area contributed by atoms with Crippen molar-refractivity contribution in [2.45, 2.75) is 38.6 Å². The molecule has 1 aliphatic rings. The number of amides is 1. The first-order valence-corrected chi connectivity index (χ1v) is 6.89. The third-order valence-corrected chi connectivity index (χ3v) is 3.90. The lowest BCUT2D eigenvalue weighted by Gasteiger charge is -2.26. The van der Waals surface area contributed by atoms with Crippen LogP contribution in [-0.2, 0) is 0 Å². The monoisotopic (exact) mass is 262 g/mol. The molecule has 1 amide bonds. The van der Waals surface area contributed by atoms with Crippen molar-refractivity contribution in [1.29, 1.82) is 0 Å². The topological polar surface area (TPSA) is 75.3 Å². The van der Waals surface area contributed by atoms with Crippen molar-refractivity contribution in [3.8, 4) is 5.75 Å². The van der Waals surface area contributed by atoms with Gasteiger partial charge in [-0.05, 0) is 62.3 Å². The van der Waals surface area contributed by atoms with E-state index in [-0.39, 0.29) is 11.7 Å². The van der Waals surface area contributed by atoms with Gasteiger partial charge in [0.1, 0.15) is 5.75 Å². The molecular weight excluding hydrogens is 240 g/mol. The molecule has 0 unspecified atom stereocenters. The summed E-state index contributed by atoms with van der Waals surface area (Å²) in [6, 6.07) is 5.15. The molecule has 19 heavy (non-hydrogen) atoms. The first-order chi connectivity index (χ1) is 9.06. The third-order valence-electron chi connectivity index (χ3n) is 3.90. The van der Waals surface area contributed by atoms with Crippen molar-refractivity contribution < 1.29 is 9.90 Å². The molecular formula is C15H22N2O2. The molecule has 0 spiro atoms. The largest absolute Gasteiger partial charge is 0.508 e. The third kappa shape index (κ3) is 3.70. The molecule has 1 aromatic rings. The van der Waals surface area contributed by atoms with Crippen LogP contribution < -0.4 is 11.1 Å². The average Bonchev–Trinajstić information content (AvgIpc) is 2.37. The van der Waals surface area contributed by atoms with Crippen LogP contribution in [0.3, 0.4) is 0 Å². The number of aromatic hydroxyl groups is 1. The van der Waals surface area contributed by atoms with Crippen LogP contribution in [-0.4, -0.2) is 23.6 Å². The van der Waals surface area contributed by atoms with Crippen LogP contribution >= 0.6 is 0 Å². The van der Waals surface area contributed by atoms with Gasteiger partial charge in [-0.15, -0.1) is 0 Å². The Hall–Kier alpha value is -1.55. The summed E-state index contributed by atoms with van der Waals surface area (Å²) in [5, 5.41) is 12.3. The molecule has 2 rings (SSSR count). The highest BCUT2D eigenvalue weighted by Gasteiger charge is 2.19. The zero-order chi connectivity index (χ0) is 13.8. The number of hydrogen-bond acceptors (Lipinski definition) is 3. The molecule has 4 N–H and O–H groups in total. The van der Waals surface area contributed by atoms with Gasteiger partial charge in [-0.3, -0.25) is 4.79 Å². The van der Waals surface area contributed by atoms with Crippen molar-refractivity contribution >= 4 is 5.91 Å². The summed E-state index contributed by atoms with van der Waals surface area (Å²) < 4.78 is 0. The van der Waals surface area contributed by atoms with E-state index >= 15 is 0 Å². The Morgan fingerprint density at radius 1 is 1.37 bits per heavy atom. The lowest BCUT2D eigenvalue weighted by molar-refractivity contribution is 0.0942. The van der Waals surface area contributed by atoms with E-state index in [0.717, 1.165) is 31.2 Å². The van der Waals surface area contributed by atoms with Gasteiger partial charge in [-0.25, -0.2) is 0 Å². The van der Waals surface area contributed by atoms with Crippen molar-refractivity contribution in [2.75, 3.05) is 6.54 Å². The predicted octanol–water partition coefficient (Wildman–Crippen LogP) is 1.95. The molecule has 4 heteroatoms. The molecule has 4 nitrogen and oxygen atoms in total. The first-order valence-electron chi connectivity index (χ1n) is 6.89. The molecule has 0 atom stereocenters. The Labute approximate surface area is 114 Å². The van der Waals surface area contributed by atoms with Gasteiger partial charge in [-0.1, -0.05) is 0 Å². The Morgan fingerprint density at radius 2 is 2.05 bits per heavy atom. The van der Waals surface area contributed by atoms with E-state index < -0.39 is 0 Å². The number of carbonyl (C=O) groups is 1. The van der Waals surface area contributed by atoms with Gasteiger partial charge in [0.05, 0.1) is 0 Å². The average molecular weight is 262 g/mol. The molecule has 1 saturated carbocycles. The van der Waals surface area contributed by atoms with Crippen LogP contribution in [0.5, 0.6) is 5.75 Å². The molecule has 0 aliphatic heterocycles. The molecule has 104 valence electrons. The first kappa shape index (κ1) is 13.9. The van der Waals surface area contributed by atoms with Gasteiger partial charge < -0.3 is 16.2 Å². The van der Waals surface area contributed by atoms with Crippen LogP contribution in [0.15, 0.2) is 18.2 Å². The maximum atomic E-state index is 12.1. The highest BCUT2D eigenvalue weighted by Crippen LogP contribution is 2.22. The lowest BCUT2D eigenvalue weighted by Crippen LogP contribution is -2.34. The molecule has 0 radical (unpaired) electrons. The normalized spacial score (nSPS) is 23.1. The van der Waals surface area contributed by atoms with E-state index in [1.165, 1.54) is 0 Å². The molecule has 1 aromatic carbocycles. The second-order valence-electron chi connectivity index (χ2n) is 5.49. The predicted molar refractivity (Wildman–Crippen MR) is 75.1 cm³/mol. The van der Waals surface area contributed by atoms with Crippen LogP contribution in [0, 0.1) is 12.8 Å². The van der Waals surface area contributed by atoms with Crippen LogP contribution in [0.4, 0.5) is 0 Å². The smallest absolute Gasteiger partial charge is 0.251 e. The Morgan fingerprint density at radius 3 is 2.68 bits per heavy atom. The number of hydrogen-bond donors (Lipinski definition) is 3. The van der Waals surface area contributed by atoms with Gasteiger partial charge in [0.15, 0.2) is 0 Å². The SMILES string of the molecule is Cc1cc(O)ccc1C(=O)NCC1CCC(N)CC1. The molecule has 0 saturated heterocycles. The van der Waals surface area contributed by atoms with Gasteiger partial charge in [-0.2, -0.15) is 0 Å². The van der Waals surface area contributed by atoms with Gasteiger partial charge in [0.2, 0.25) is 0 Å². The van der Waals surface area contributed by atoms with Crippen molar-refractivity contribution in [2.24, 2.45) is 11.7 Å². The van der Waals surface area contributed by atoms with Gasteiger partial charge in [0.25, 0.3) is 5.91 Å². The standard InChI is InChI=1S/C15H22N2O2/c1-10-8-13(18)6-7-14(10)15(19)17-9-11-2-4-12(16)5-3-11/h6-8,11-12,18H,2-5,9,16H2,1H3,(H,17,19). The Bertz CT molecular complexity index is 451. The second kappa shape index (κ2) is 6.06. The fourth-order valence-electron chi connectivity index (χ4n) is 2.63. The molecule has 1 fully saturated rings. The fraction of sp³-hybridized carbons (Fsp3) is 0.533. The summed E-state index contributed by atoms with van der Waals surface area (Å²) >= 11 is 0. The summed E-state index contributed by atoms with van der Waals surface area (Å²) in [6.07, 6.45) is 4.30. The summed E-state index contributed by atoms with van der Waals surface area (Å²) in [7, 11) is 0. The Kier molecular flexibility index (Phi) is 4.43. The van der Waals surface area contributed by atoms with E-state index in [4.69, 9.17) is 5.73 Å². The zero-order valence-corrected chi connectivity index (χ0v) is 11.4. The number of benzene rings is 1. The summed E-state index contributed by atoms with van der Waals surface area (Å²) in [5.41, 5.74) is 7.29. The minimum absolute atomic E-state index is 0.0626. The molecule has 0 heterocycles. The quantitative estimate of drug-likeness (QED) is 0.779. The van der Waals surface area contributed by atoms with Crippen molar-refractivity contribution in [1.82, 2.24) is 5.32 Å². The summed E-state index contributed by atoms with van der Waals surface area (Å²) in [4.78, 5) is 12.1. The minimum Gasteiger partial charge on any atom is -0.508 e. The second-order valence-corrected chi connectivity index (χ2v) is 5.49. The summed E-state index contributed by atoms with van der Waals surface area (Å²) in [5.74, 6) is 0.670. The van der Waals surface area contributed by atoms with Crippen molar-refractivity contribution in [3.63, 3.8) is 0 Å². The highest BCUT2D eigenvalue weighted by atomic mass is 16.3. The van der Waals surface area contributed by atoms with Crippen LogP contribution in [0.25, 0.3) is 0 Å². The van der Waals surface area contributed by atoms with E-state index in [0.29, 0.717) is 24.1 Å². The maximum absolute atomic E-state index is 12.1. The minimum atomic E-state index is -0.0626. The van der Waals surface area contributed by atoms with Gasteiger partial charge >= 0.3 is 0 Å². The number of phenolic OH excluding ortho intramolecular Hbond substituents is 1. The van der Waals surface area contributed by atoms with E-state index in [9.17, 15) is 9.90 Å². The maximum Gasteiger partial charge on any atom is 0.251 e.